The van der Waals surface area contributed by atoms with E-state index in [-0.39, 0.29) is 23.5 Å². The van der Waals surface area contributed by atoms with Gasteiger partial charge in [-0.1, -0.05) is 36.4 Å². The Balaban J connectivity index is 1.66. The minimum Gasteiger partial charge on any atom is -0.434 e. The van der Waals surface area contributed by atoms with Crippen LogP contribution in [-0.2, 0) is 17.8 Å². The van der Waals surface area contributed by atoms with Crippen LogP contribution in [-0.4, -0.2) is 42.7 Å². The maximum absolute atomic E-state index is 12.6. The molecule has 1 amide bonds. The van der Waals surface area contributed by atoms with Gasteiger partial charge in [0.15, 0.2) is 0 Å². The largest absolute Gasteiger partial charge is 0.434 e. The number of para-hydroxylation sites is 1. The molecule has 0 bridgehead atoms. The number of ether oxygens (including phenoxy) is 2. The summed E-state index contributed by atoms with van der Waals surface area (Å²) in [6.07, 6.45) is 0.355. The van der Waals surface area contributed by atoms with Crippen LogP contribution in [0.1, 0.15) is 35.3 Å². The Morgan fingerprint density at radius 2 is 1.72 bits per heavy atom. The molecule has 2 aromatic carbocycles. The van der Waals surface area contributed by atoms with Gasteiger partial charge in [-0.3, -0.25) is 9.69 Å². The standard InChI is InChI=1S/C22H26F2N2O3/c1-15-12-26(13-16(2)28-15)14-18-8-4-3-7-17(18)11-25-21(27)19-9-5-6-10-20(19)29-22(23)24/h3-10,15-16,22H,11-14H2,1-2H3,(H,25,27). The summed E-state index contributed by atoms with van der Waals surface area (Å²) in [5.74, 6) is -0.589. The van der Waals surface area contributed by atoms with Crippen LogP contribution in [0.2, 0.25) is 0 Å². The number of nitrogens with zero attached hydrogens (tertiary/aromatic N) is 1. The second-order valence-corrected chi connectivity index (χ2v) is 7.28. The van der Waals surface area contributed by atoms with Crippen molar-refractivity contribution in [2.45, 2.75) is 45.8 Å². The first-order valence-corrected chi connectivity index (χ1v) is 9.69. The molecule has 156 valence electrons. The molecule has 0 aliphatic carbocycles. The van der Waals surface area contributed by atoms with Crippen molar-refractivity contribution < 1.29 is 23.0 Å². The molecule has 1 saturated heterocycles. The molecular weight excluding hydrogens is 378 g/mol. The van der Waals surface area contributed by atoms with Crippen molar-refractivity contribution in [3.05, 3.63) is 65.2 Å². The number of nitrogens with one attached hydrogen (secondary N) is 1. The van der Waals surface area contributed by atoms with Gasteiger partial charge < -0.3 is 14.8 Å². The second-order valence-electron chi connectivity index (χ2n) is 7.28. The van der Waals surface area contributed by atoms with Crippen LogP contribution in [0.25, 0.3) is 0 Å². The van der Waals surface area contributed by atoms with Gasteiger partial charge in [0, 0.05) is 26.2 Å². The number of benzene rings is 2. The number of carbonyl (C=O) groups is 1. The van der Waals surface area contributed by atoms with Crippen LogP contribution >= 0.6 is 0 Å². The average Bonchev–Trinajstić information content (AvgIpc) is 2.66. The highest BCUT2D eigenvalue weighted by molar-refractivity contribution is 5.96. The van der Waals surface area contributed by atoms with Gasteiger partial charge in [0.1, 0.15) is 5.75 Å². The van der Waals surface area contributed by atoms with Crippen LogP contribution in [0.4, 0.5) is 8.78 Å². The van der Waals surface area contributed by atoms with Gasteiger partial charge in [0.05, 0.1) is 17.8 Å². The minimum absolute atomic E-state index is 0.0844. The highest BCUT2D eigenvalue weighted by Crippen LogP contribution is 2.21. The van der Waals surface area contributed by atoms with E-state index in [9.17, 15) is 13.6 Å². The fourth-order valence-corrected chi connectivity index (χ4v) is 3.66. The lowest BCUT2D eigenvalue weighted by Crippen LogP contribution is -2.45. The molecule has 1 fully saturated rings. The van der Waals surface area contributed by atoms with Crippen LogP contribution in [0.5, 0.6) is 5.75 Å². The molecule has 7 heteroatoms. The van der Waals surface area contributed by atoms with Crippen molar-refractivity contribution in [3.63, 3.8) is 0 Å². The van der Waals surface area contributed by atoms with Crippen molar-refractivity contribution in [1.82, 2.24) is 10.2 Å². The summed E-state index contributed by atoms with van der Waals surface area (Å²) < 4.78 is 35.4. The molecule has 2 aromatic rings. The average molecular weight is 404 g/mol. The topological polar surface area (TPSA) is 50.8 Å². The van der Waals surface area contributed by atoms with Crippen molar-refractivity contribution in [2.24, 2.45) is 0 Å². The summed E-state index contributed by atoms with van der Waals surface area (Å²) in [4.78, 5) is 14.9. The minimum atomic E-state index is -2.98. The first-order chi connectivity index (χ1) is 13.9. The normalized spacial score (nSPS) is 19.9. The van der Waals surface area contributed by atoms with Gasteiger partial charge in [0.25, 0.3) is 5.91 Å². The molecule has 2 unspecified atom stereocenters. The first kappa shape index (κ1) is 21.2. The van der Waals surface area contributed by atoms with Crippen molar-refractivity contribution in [1.29, 1.82) is 0 Å². The van der Waals surface area contributed by atoms with Gasteiger partial charge in [-0.25, -0.2) is 0 Å². The van der Waals surface area contributed by atoms with Crippen LogP contribution in [0, 0.1) is 0 Å². The molecule has 3 rings (SSSR count). The van der Waals surface area contributed by atoms with E-state index >= 15 is 0 Å². The lowest BCUT2D eigenvalue weighted by molar-refractivity contribution is -0.0705. The van der Waals surface area contributed by atoms with Crippen molar-refractivity contribution >= 4 is 5.91 Å². The zero-order chi connectivity index (χ0) is 20.8. The zero-order valence-electron chi connectivity index (χ0n) is 16.6. The van der Waals surface area contributed by atoms with E-state index in [4.69, 9.17) is 4.74 Å². The lowest BCUT2D eigenvalue weighted by atomic mass is 10.1. The molecule has 1 aliphatic rings. The van der Waals surface area contributed by atoms with Crippen LogP contribution in [0.3, 0.4) is 0 Å². The molecule has 29 heavy (non-hydrogen) atoms. The molecule has 1 N–H and O–H groups in total. The van der Waals surface area contributed by atoms with Gasteiger partial charge in [-0.2, -0.15) is 8.78 Å². The van der Waals surface area contributed by atoms with E-state index in [1.165, 1.54) is 12.1 Å². The Kier molecular flexibility index (Phi) is 7.17. The third-order valence-corrected chi connectivity index (χ3v) is 4.79. The Hall–Kier alpha value is -2.51. The predicted molar refractivity (Wildman–Crippen MR) is 106 cm³/mol. The Morgan fingerprint density at radius 1 is 1.10 bits per heavy atom. The summed E-state index contributed by atoms with van der Waals surface area (Å²) >= 11 is 0. The summed E-state index contributed by atoms with van der Waals surface area (Å²) in [6, 6.07) is 13.9. The summed E-state index contributed by atoms with van der Waals surface area (Å²) in [5, 5.41) is 2.82. The Bertz CT molecular complexity index is 821. The van der Waals surface area contributed by atoms with Crippen LogP contribution in [0.15, 0.2) is 48.5 Å². The van der Waals surface area contributed by atoms with E-state index in [0.717, 1.165) is 30.8 Å². The predicted octanol–water partition coefficient (Wildman–Crippen LogP) is 3.83. The Labute approximate surface area is 169 Å². The smallest absolute Gasteiger partial charge is 0.387 e. The number of rotatable bonds is 7. The first-order valence-electron chi connectivity index (χ1n) is 9.69. The van der Waals surface area contributed by atoms with Gasteiger partial charge in [-0.15, -0.1) is 0 Å². The van der Waals surface area contributed by atoms with E-state index in [2.05, 4.69) is 28.8 Å². The number of morpholine rings is 1. The molecule has 0 spiro atoms. The van der Waals surface area contributed by atoms with Crippen molar-refractivity contribution in [3.8, 4) is 5.75 Å². The molecule has 2 atom stereocenters. The maximum Gasteiger partial charge on any atom is 0.387 e. The highest BCUT2D eigenvalue weighted by atomic mass is 19.3. The van der Waals surface area contributed by atoms with Crippen molar-refractivity contribution in [2.75, 3.05) is 13.1 Å². The monoisotopic (exact) mass is 404 g/mol. The number of halogens is 2. The summed E-state index contributed by atoms with van der Waals surface area (Å²) in [7, 11) is 0. The quantitative estimate of drug-likeness (QED) is 0.762. The summed E-state index contributed by atoms with van der Waals surface area (Å²) in [6.45, 7) is 3.90. The molecule has 1 heterocycles. The number of hydrogen-bond donors (Lipinski definition) is 1. The number of hydrogen-bond acceptors (Lipinski definition) is 4. The van der Waals surface area contributed by atoms with Gasteiger partial charge in [0.2, 0.25) is 0 Å². The third-order valence-electron chi connectivity index (χ3n) is 4.79. The molecule has 5 nitrogen and oxygen atoms in total. The molecule has 0 saturated carbocycles. The van der Waals surface area contributed by atoms with Gasteiger partial charge in [-0.05, 0) is 37.1 Å². The number of alkyl halides is 2. The number of carbonyl (C=O) groups excluding carboxylic acids is 1. The fraction of sp³-hybridized carbons (Fsp3) is 0.409. The summed E-state index contributed by atoms with van der Waals surface area (Å²) in [5.41, 5.74) is 2.19. The van der Waals surface area contributed by atoms with E-state index in [0.29, 0.717) is 6.54 Å². The SMILES string of the molecule is CC1CN(Cc2ccccc2CNC(=O)c2ccccc2OC(F)F)CC(C)O1. The van der Waals surface area contributed by atoms with Crippen LogP contribution < -0.4 is 10.1 Å². The van der Waals surface area contributed by atoms with E-state index in [1.807, 2.05) is 24.3 Å². The Morgan fingerprint density at radius 3 is 2.41 bits per heavy atom. The van der Waals surface area contributed by atoms with E-state index < -0.39 is 12.5 Å². The van der Waals surface area contributed by atoms with Gasteiger partial charge >= 0.3 is 6.61 Å². The molecule has 0 radical (unpaired) electrons. The molecular formula is C22H26F2N2O3. The zero-order valence-corrected chi connectivity index (χ0v) is 16.6. The fourth-order valence-electron chi connectivity index (χ4n) is 3.66. The molecule has 0 aromatic heterocycles. The third kappa shape index (κ3) is 5.98. The maximum atomic E-state index is 12.6. The highest BCUT2D eigenvalue weighted by Gasteiger charge is 2.23. The number of amides is 1. The lowest BCUT2D eigenvalue weighted by Gasteiger charge is -2.35. The second kappa shape index (κ2) is 9.80. The molecule has 1 aliphatic heterocycles. The van der Waals surface area contributed by atoms with E-state index in [1.54, 1.807) is 12.1 Å².